The Balaban J connectivity index is 1.88. The molecule has 1 fully saturated rings. The number of amides is 1. The summed E-state index contributed by atoms with van der Waals surface area (Å²) in [4.78, 5) is 14.8. The minimum absolute atomic E-state index is 0.119. The highest BCUT2D eigenvalue weighted by Gasteiger charge is 2.57. The van der Waals surface area contributed by atoms with E-state index in [0.29, 0.717) is 6.42 Å². The van der Waals surface area contributed by atoms with Crippen LogP contribution in [0, 0.1) is 13.8 Å². The van der Waals surface area contributed by atoms with Gasteiger partial charge in [0.25, 0.3) is 0 Å². The van der Waals surface area contributed by atoms with Crippen LogP contribution in [0.15, 0.2) is 48.5 Å². The van der Waals surface area contributed by atoms with E-state index in [2.05, 4.69) is 92.5 Å². The lowest BCUT2D eigenvalue weighted by atomic mass is 9.74. The van der Waals surface area contributed by atoms with Crippen LogP contribution in [0.4, 0.5) is 5.69 Å². The molecule has 2 aliphatic rings. The van der Waals surface area contributed by atoms with Crippen LogP contribution >= 0.6 is 0 Å². The van der Waals surface area contributed by atoms with E-state index >= 15 is 0 Å². The van der Waals surface area contributed by atoms with Crippen molar-refractivity contribution in [3.8, 4) is 0 Å². The van der Waals surface area contributed by atoms with Gasteiger partial charge in [0.1, 0.15) is 5.66 Å². The molecule has 3 heteroatoms. The monoisotopic (exact) mass is 346 g/mol. The summed E-state index contributed by atoms with van der Waals surface area (Å²) >= 11 is 0. The molecule has 2 aliphatic heterocycles. The second kappa shape index (κ2) is 5.73. The van der Waals surface area contributed by atoms with Crippen LogP contribution < -0.4 is 10.2 Å². The van der Waals surface area contributed by atoms with Crippen LogP contribution in [-0.2, 0) is 10.2 Å². The molecule has 0 radical (unpaired) electrons. The standard InChI is InChI=1S/C23H26N2O/c1-16-9-10-20-19(15-16)22(3,4)23(24-21(26)12-14-25(20)23)13-11-18-8-6-5-7-17(18)2/h5-11,13,15H,12,14H2,1-4H3,(H,24,26)/b13-11+. The van der Waals surface area contributed by atoms with Gasteiger partial charge in [-0.3, -0.25) is 4.79 Å². The molecule has 1 N–H and O–H groups in total. The molecule has 0 aromatic heterocycles. The van der Waals surface area contributed by atoms with E-state index in [1.165, 1.54) is 27.9 Å². The number of carbonyl (C=O) groups is 1. The fourth-order valence-corrected chi connectivity index (χ4v) is 4.45. The molecule has 0 spiro atoms. The molecule has 1 atom stereocenters. The van der Waals surface area contributed by atoms with E-state index < -0.39 is 5.66 Å². The number of fused-ring (bicyclic) bond motifs is 3. The molecule has 1 saturated heterocycles. The quantitative estimate of drug-likeness (QED) is 0.878. The lowest BCUT2D eigenvalue weighted by molar-refractivity contribution is -0.124. The van der Waals surface area contributed by atoms with Gasteiger partial charge in [0.15, 0.2) is 0 Å². The van der Waals surface area contributed by atoms with Gasteiger partial charge in [-0.2, -0.15) is 0 Å². The highest BCUT2D eigenvalue weighted by atomic mass is 16.2. The lowest BCUT2D eigenvalue weighted by Crippen LogP contribution is -2.68. The van der Waals surface area contributed by atoms with Crippen molar-refractivity contribution in [1.82, 2.24) is 5.32 Å². The zero-order valence-electron chi connectivity index (χ0n) is 16.0. The van der Waals surface area contributed by atoms with Crippen LogP contribution in [0.25, 0.3) is 6.08 Å². The Morgan fingerprint density at radius 1 is 1.12 bits per heavy atom. The fraction of sp³-hybridized carbons (Fsp3) is 0.348. The van der Waals surface area contributed by atoms with Crippen LogP contribution in [0.2, 0.25) is 0 Å². The number of nitrogens with zero attached hydrogens (tertiary/aromatic N) is 1. The number of nitrogens with one attached hydrogen (secondary N) is 1. The average molecular weight is 346 g/mol. The Morgan fingerprint density at radius 2 is 1.88 bits per heavy atom. The Hall–Kier alpha value is -2.55. The molecule has 2 heterocycles. The topological polar surface area (TPSA) is 32.3 Å². The Labute approximate surface area is 155 Å². The number of benzene rings is 2. The Bertz CT molecular complexity index is 912. The van der Waals surface area contributed by atoms with E-state index in [-0.39, 0.29) is 11.3 Å². The van der Waals surface area contributed by atoms with Crippen LogP contribution in [-0.4, -0.2) is 18.1 Å². The zero-order valence-corrected chi connectivity index (χ0v) is 16.0. The largest absolute Gasteiger partial charge is 0.344 e. The third kappa shape index (κ3) is 2.30. The van der Waals surface area contributed by atoms with Crippen LogP contribution in [0.3, 0.4) is 0 Å². The second-order valence-electron chi connectivity index (χ2n) is 8.05. The van der Waals surface area contributed by atoms with Gasteiger partial charge < -0.3 is 10.2 Å². The molecule has 2 aromatic rings. The summed E-state index contributed by atoms with van der Waals surface area (Å²) < 4.78 is 0. The molecule has 26 heavy (non-hydrogen) atoms. The summed E-state index contributed by atoms with van der Waals surface area (Å²) in [6, 6.07) is 15.0. The molecular formula is C23H26N2O. The summed E-state index contributed by atoms with van der Waals surface area (Å²) in [6.45, 7) is 9.45. The van der Waals surface area contributed by atoms with Gasteiger partial charge in [-0.1, -0.05) is 61.9 Å². The summed E-state index contributed by atoms with van der Waals surface area (Å²) in [7, 11) is 0. The first-order valence-corrected chi connectivity index (χ1v) is 9.30. The molecule has 4 rings (SSSR count). The molecule has 0 saturated carbocycles. The molecule has 134 valence electrons. The van der Waals surface area contributed by atoms with Crippen molar-refractivity contribution in [1.29, 1.82) is 0 Å². The maximum atomic E-state index is 12.4. The fourth-order valence-electron chi connectivity index (χ4n) is 4.45. The molecule has 0 aliphatic carbocycles. The zero-order chi connectivity index (χ0) is 18.5. The van der Waals surface area contributed by atoms with Gasteiger partial charge in [0, 0.05) is 24.1 Å². The summed E-state index contributed by atoms with van der Waals surface area (Å²) in [5, 5.41) is 3.34. The van der Waals surface area contributed by atoms with Crippen molar-refractivity contribution in [3.63, 3.8) is 0 Å². The van der Waals surface area contributed by atoms with E-state index in [9.17, 15) is 4.79 Å². The summed E-state index contributed by atoms with van der Waals surface area (Å²) in [6.07, 6.45) is 4.89. The smallest absolute Gasteiger partial charge is 0.223 e. The van der Waals surface area contributed by atoms with Crippen LogP contribution in [0.5, 0.6) is 0 Å². The SMILES string of the molecule is Cc1ccc2c(c1)C(C)(C)C1(/C=C/c3ccccc3C)NC(=O)CCN21. The average Bonchev–Trinajstić information content (AvgIpc) is 2.79. The number of aryl methyl sites for hydroxylation is 2. The van der Waals surface area contributed by atoms with Crippen molar-refractivity contribution >= 4 is 17.7 Å². The van der Waals surface area contributed by atoms with E-state index in [1.54, 1.807) is 0 Å². The van der Waals surface area contributed by atoms with Crippen LogP contribution in [0.1, 0.15) is 42.5 Å². The van der Waals surface area contributed by atoms with Gasteiger partial charge in [-0.05, 0) is 42.7 Å². The molecule has 0 bridgehead atoms. The Kier molecular flexibility index (Phi) is 3.72. The minimum atomic E-state index is -0.541. The Morgan fingerprint density at radius 3 is 2.65 bits per heavy atom. The highest BCUT2D eigenvalue weighted by molar-refractivity contribution is 5.84. The first-order valence-electron chi connectivity index (χ1n) is 9.30. The van der Waals surface area contributed by atoms with Crippen molar-refractivity contribution in [2.45, 2.75) is 45.2 Å². The molecular weight excluding hydrogens is 320 g/mol. The molecule has 3 nitrogen and oxygen atoms in total. The minimum Gasteiger partial charge on any atom is -0.344 e. The first kappa shape index (κ1) is 16.9. The normalized spacial score (nSPS) is 23.7. The highest BCUT2D eigenvalue weighted by Crippen LogP contribution is 2.52. The molecule has 1 unspecified atom stereocenters. The maximum Gasteiger partial charge on any atom is 0.223 e. The van der Waals surface area contributed by atoms with Gasteiger partial charge >= 0.3 is 0 Å². The number of hydrogen-bond acceptors (Lipinski definition) is 2. The summed E-state index contributed by atoms with van der Waals surface area (Å²) in [5.74, 6) is 0.119. The number of anilines is 1. The second-order valence-corrected chi connectivity index (χ2v) is 8.05. The third-order valence-electron chi connectivity index (χ3n) is 6.08. The van der Waals surface area contributed by atoms with E-state index in [4.69, 9.17) is 0 Å². The van der Waals surface area contributed by atoms with Crippen molar-refractivity contribution < 1.29 is 4.79 Å². The maximum absolute atomic E-state index is 12.4. The number of carbonyl (C=O) groups excluding carboxylic acids is 1. The number of rotatable bonds is 2. The summed E-state index contributed by atoms with van der Waals surface area (Å²) in [5.41, 5.74) is 5.43. The van der Waals surface area contributed by atoms with Gasteiger partial charge in [-0.15, -0.1) is 0 Å². The van der Waals surface area contributed by atoms with E-state index in [0.717, 1.165) is 6.54 Å². The molecule has 1 amide bonds. The van der Waals surface area contributed by atoms with Gasteiger partial charge in [0.05, 0.1) is 0 Å². The predicted octanol–water partition coefficient (Wildman–Crippen LogP) is 4.33. The van der Waals surface area contributed by atoms with Gasteiger partial charge in [0.2, 0.25) is 5.91 Å². The predicted molar refractivity (Wildman–Crippen MR) is 107 cm³/mol. The number of hydrogen-bond donors (Lipinski definition) is 1. The van der Waals surface area contributed by atoms with Crippen molar-refractivity contribution in [3.05, 3.63) is 70.8 Å². The molecule has 2 aromatic carbocycles. The van der Waals surface area contributed by atoms with Crippen molar-refractivity contribution in [2.24, 2.45) is 0 Å². The first-order chi connectivity index (χ1) is 12.3. The lowest BCUT2D eigenvalue weighted by Gasteiger charge is -2.49. The van der Waals surface area contributed by atoms with Gasteiger partial charge in [-0.25, -0.2) is 0 Å². The van der Waals surface area contributed by atoms with Crippen molar-refractivity contribution in [2.75, 3.05) is 11.4 Å². The van der Waals surface area contributed by atoms with E-state index in [1.807, 2.05) is 0 Å². The third-order valence-corrected chi connectivity index (χ3v) is 6.08.